The maximum atomic E-state index is 12.0. The summed E-state index contributed by atoms with van der Waals surface area (Å²) in [4.78, 5) is 12.0. The van der Waals surface area contributed by atoms with E-state index in [2.05, 4.69) is 0 Å². The Morgan fingerprint density at radius 1 is 1.26 bits per heavy atom. The molecule has 1 aliphatic rings. The first-order valence-corrected chi connectivity index (χ1v) is 7.00. The summed E-state index contributed by atoms with van der Waals surface area (Å²) >= 11 is 5.79. The van der Waals surface area contributed by atoms with Crippen molar-refractivity contribution in [1.82, 2.24) is 0 Å². The van der Waals surface area contributed by atoms with Gasteiger partial charge in [0.2, 0.25) is 0 Å². The molecule has 0 radical (unpaired) electrons. The molecule has 2 unspecified atom stereocenters. The van der Waals surface area contributed by atoms with Crippen LogP contribution in [0.1, 0.15) is 36.0 Å². The fourth-order valence-electron chi connectivity index (χ4n) is 2.38. The Balaban J connectivity index is 1.81. The molecule has 1 aliphatic carbocycles. The van der Waals surface area contributed by atoms with E-state index in [0.29, 0.717) is 10.6 Å². The van der Waals surface area contributed by atoms with Crippen molar-refractivity contribution in [1.29, 1.82) is 0 Å². The van der Waals surface area contributed by atoms with E-state index in [4.69, 9.17) is 21.1 Å². The number of rotatable bonds is 5. The number of hydrogen-bond acceptors (Lipinski definition) is 3. The summed E-state index contributed by atoms with van der Waals surface area (Å²) in [6.07, 6.45) is 4.47. The first-order chi connectivity index (χ1) is 9.19. The van der Waals surface area contributed by atoms with Gasteiger partial charge in [0.05, 0.1) is 12.2 Å². The van der Waals surface area contributed by atoms with Gasteiger partial charge >= 0.3 is 0 Å². The Bertz CT molecular complexity index is 416. The lowest BCUT2D eigenvalue weighted by Gasteiger charge is -2.27. The van der Waals surface area contributed by atoms with Crippen molar-refractivity contribution in [3.05, 3.63) is 34.9 Å². The number of halogens is 1. The van der Waals surface area contributed by atoms with Crippen molar-refractivity contribution < 1.29 is 14.3 Å². The van der Waals surface area contributed by atoms with Crippen LogP contribution in [-0.2, 0) is 9.47 Å². The molecule has 4 heteroatoms. The van der Waals surface area contributed by atoms with Crippen LogP contribution in [0.3, 0.4) is 0 Å². The topological polar surface area (TPSA) is 35.5 Å². The molecule has 104 valence electrons. The third-order valence-electron chi connectivity index (χ3n) is 3.53. The van der Waals surface area contributed by atoms with Gasteiger partial charge in [-0.05, 0) is 49.9 Å². The second kappa shape index (κ2) is 7.04. The third-order valence-corrected chi connectivity index (χ3v) is 3.78. The summed E-state index contributed by atoms with van der Waals surface area (Å²) in [5, 5.41) is 0.632. The van der Waals surface area contributed by atoms with Gasteiger partial charge < -0.3 is 9.47 Å². The molecule has 1 aromatic rings. The van der Waals surface area contributed by atoms with Crippen LogP contribution in [0.15, 0.2) is 24.3 Å². The van der Waals surface area contributed by atoms with Crippen molar-refractivity contribution >= 4 is 17.4 Å². The van der Waals surface area contributed by atoms with Gasteiger partial charge in [0.25, 0.3) is 0 Å². The molecule has 3 nitrogen and oxygen atoms in total. The van der Waals surface area contributed by atoms with Crippen molar-refractivity contribution in [3.63, 3.8) is 0 Å². The summed E-state index contributed by atoms with van der Waals surface area (Å²) in [7, 11) is 1.73. The van der Waals surface area contributed by atoms with Crippen LogP contribution in [0, 0.1) is 0 Å². The number of carbonyl (C=O) groups is 1. The van der Waals surface area contributed by atoms with Crippen LogP contribution in [0.2, 0.25) is 5.02 Å². The van der Waals surface area contributed by atoms with Crippen molar-refractivity contribution in [2.24, 2.45) is 0 Å². The summed E-state index contributed by atoms with van der Waals surface area (Å²) in [5.74, 6) is -0.00351. The van der Waals surface area contributed by atoms with E-state index in [1.807, 2.05) is 0 Å². The molecule has 2 rings (SSSR count). The largest absolute Gasteiger partial charge is 0.381 e. The van der Waals surface area contributed by atoms with E-state index >= 15 is 0 Å². The van der Waals surface area contributed by atoms with Crippen molar-refractivity contribution in [2.75, 3.05) is 13.7 Å². The molecule has 1 aromatic carbocycles. The number of ether oxygens (including phenoxy) is 2. The van der Waals surface area contributed by atoms with Gasteiger partial charge in [-0.1, -0.05) is 11.6 Å². The smallest absolute Gasteiger partial charge is 0.188 e. The normalized spacial score (nSPS) is 23.3. The highest BCUT2D eigenvalue weighted by molar-refractivity contribution is 6.30. The fourth-order valence-corrected chi connectivity index (χ4v) is 2.51. The zero-order valence-corrected chi connectivity index (χ0v) is 11.9. The number of methoxy groups -OCH3 is 1. The molecule has 0 aromatic heterocycles. The summed E-state index contributed by atoms with van der Waals surface area (Å²) in [5.41, 5.74) is 0.642. The first-order valence-electron chi connectivity index (χ1n) is 6.62. The van der Waals surface area contributed by atoms with Crippen LogP contribution in [-0.4, -0.2) is 31.7 Å². The number of Topliss-reactive ketones (excluding diaryl/α,β-unsaturated/α-hetero) is 1. The molecular formula is C15H19ClO3. The molecule has 0 heterocycles. The maximum absolute atomic E-state index is 12.0. The van der Waals surface area contributed by atoms with Gasteiger partial charge in [-0.25, -0.2) is 0 Å². The average Bonchev–Trinajstić information content (AvgIpc) is 2.46. The minimum Gasteiger partial charge on any atom is -0.381 e. The van der Waals surface area contributed by atoms with E-state index in [0.717, 1.165) is 25.7 Å². The zero-order valence-electron chi connectivity index (χ0n) is 11.1. The molecule has 0 N–H and O–H groups in total. The highest BCUT2D eigenvalue weighted by atomic mass is 35.5. The Labute approximate surface area is 118 Å². The lowest BCUT2D eigenvalue weighted by atomic mass is 9.95. The van der Waals surface area contributed by atoms with E-state index in [1.165, 1.54) is 0 Å². The highest BCUT2D eigenvalue weighted by Crippen LogP contribution is 2.23. The van der Waals surface area contributed by atoms with Gasteiger partial charge in [-0.15, -0.1) is 0 Å². The van der Waals surface area contributed by atoms with Gasteiger partial charge in [0.1, 0.15) is 6.61 Å². The highest BCUT2D eigenvalue weighted by Gasteiger charge is 2.22. The van der Waals surface area contributed by atoms with E-state index in [-0.39, 0.29) is 24.6 Å². The summed E-state index contributed by atoms with van der Waals surface area (Å²) in [6.45, 7) is 0.128. The lowest BCUT2D eigenvalue weighted by molar-refractivity contribution is -0.0243. The number of hydrogen-bond donors (Lipinski definition) is 0. The van der Waals surface area contributed by atoms with Gasteiger partial charge in [0.15, 0.2) is 5.78 Å². The molecule has 19 heavy (non-hydrogen) atoms. The van der Waals surface area contributed by atoms with Gasteiger partial charge in [-0.3, -0.25) is 4.79 Å². The molecule has 0 saturated heterocycles. The van der Waals surface area contributed by atoms with Gasteiger partial charge in [-0.2, -0.15) is 0 Å². The predicted octanol–water partition coefficient (Wildman–Crippen LogP) is 3.50. The van der Waals surface area contributed by atoms with Gasteiger partial charge in [0, 0.05) is 17.7 Å². The van der Waals surface area contributed by atoms with Crippen LogP contribution < -0.4 is 0 Å². The number of benzene rings is 1. The van der Waals surface area contributed by atoms with Crippen LogP contribution in [0.4, 0.5) is 0 Å². The number of carbonyl (C=O) groups excluding carboxylic acids is 1. The lowest BCUT2D eigenvalue weighted by Crippen LogP contribution is -2.29. The monoisotopic (exact) mass is 282 g/mol. The van der Waals surface area contributed by atoms with Crippen molar-refractivity contribution in [3.8, 4) is 0 Å². The zero-order chi connectivity index (χ0) is 13.7. The Morgan fingerprint density at radius 3 is 2.63 bits per heavy atom. The quantitative estimate of drug-likeness (QED) is 0.776. The van der Waals surface area contributed by atoms with Crippen LogP contribution in [0.25, 0.3) is 0 Å². The second-order valence-electron chi connectivity index (χ2n) is 4.89. The third kappa shape index (κ3) is 4.30. The standard InChI is InChI=1S/C15H19ClO3/c1-18-13-3-2-4-14(9-13)19-10-15(17)11-5-7-12(16)8-6-11/h5-8,13-14H,2-4,9-10H2,1H3. The minimum absolute atomic E-state index is 0.00351. The molecule has 0 bridgehead atoms. The molecule has 1 fully saturated rings. The van der Waals surface area contributed by atoms with Crippen molar-refractivity contribution in [2.45, 2.75) is 37.9 Å². The minimum atomic E-state index is -0.00351. The average molecular weight is 283 g/mol. The number of ketones is 1. The molecular weight excluding hydrogens is 264 g/mol. The van der Waals surface area contributed by atoms with E-state index in [1.54, 1.807) is 31.4 Å². The van der Waals surface area contributed by atoms with Crippen LogP contribution >= 0.6 is 11.6 Å². The summed E-state index contributed by atoms with van der Waals surface area (Å²) < 4.78 is 11.0. The molecule has 0 amide bonds. The van der Waals surface area contributed by atoms with E-state index in [9.17, 15) is 4.79 Å². The molecule has 0 spiro atoms. The fraction of sp³-hybridized carbons (Fsp3) is 0.533. The maximum Gasteiger partial charge on any atom is 0.188 e. The Morgan fingerprint density at radius 2 is 1.95 bits per heavy atom. The second-order valence-corrected chi connectivity index (χ2v) is 5.32. The Kier molecular flexibility index (Phi) is 5.37. The first kappa shape index (κ1) is 14.5. The SMILES string of the molecule is COC1CCCC(OCC(=O)c2ccc(Cl)cc2)C1. The Hall–Kier alpha value is -0.900. The van der Waals surface area contributed by atoms with E-state index < -0.39 is 0 Å². The van der Waals surface area contributed by atoms with Crippen LogP contribution in [0.5, 0.6) is 0 Å². The molecule has 2 atom stereocenters. The molecule has 1 saturated carbocycles. The summed E-state index contributed by atoms with van der Waals surface area (Å²) in [6, 6.07) is 6.90. The molecule has 0 aliphatic heterocycles. The predicted molar refractivity (Wildman–Crippen MR) is 74.8 cm³/mol.